The Morgan fingerprint density at radius 3 is 2.00 bits per heavy atom. The lowest BCUT2D eigenvalue weighted by molar-refractivity contribution is 0.709. The number of halogens is 1. The van der Waals surface area contributed by atoms with Crippen molar-refractivity contribution in [3.63, 3.8) is 0 Å². The fourth-order valence-electron chi connectivity index (χ4n) is 3.16. The SMILES string of the molecule is CCCCCc1cccc(CCCCC)c1NCc1cccc(Br)n1. The lowest BCUT2D eigenvalue weighted by Crippen LogP contribution is -2.07. The first-order chi connectivity index (χ1) is 12.2. The summed E-state index contributed by atoms with van der Waals surface area (Å²) in [6.07, 6.45) is 9.96. The normalized spacial score (nSPS) is 10.8. The molecular formula is C22H31BrN2. The number of para-hydroxylation sites is 1. The number of rotatable bonds is 11. The predicted octanol–water partition coefficient (Wildman–Crippen LogP) is 6.92. The summed E-state index contributed by atoms with van der Waals surface area (Å²) in [5, 5.41) is 3.70. The van der Waals surface area contributed by atoms with Gasteiger partial charge in [-0.15, -0.1) is 0 Å². The van der Waals surface area contributed by atoms with E-state index in [1.807, 2.05) is 12.1 Å². The molecule has 1 heterocycles. The molecule has 0 atom stereocenters. The van der Waals surface area contributed by atoms with Crippen LogP contribution in [0.5, 0.6) is 0 Å². The molecule has 1 N–H and O–H groups in total. The van der Waals surface area contributed by atoms with E-state index < -0.39 is 0 Å². The van der Waals surface area contributed by atoms with E-state index in [9.17, 15) is 0 Å². The van der Waals surface area contributed by atoms with Crippen molar-refractivity contribution >= 4 is 21.6 Å². The summed E-state index contributed by atoms with van der Waals surface area (Å²) in [4.78, 5) is 4.55. The molecule has 0 aliphatic rings. The largest absolute Gasteiger partial charge is 0.379 e. The highest BCUT2D eigenvalue weighted by molar-refractivity contribution is 9.10. The van der Waals surface area contributed by atoms with Crippen LogP contribution in [0.3, 0.4) is 0 Å². The van der Waals surface area contributed by atoms with Crippen LogP contribution in [0.1, 0.15) is 69.2 Å². The molecular weight excluding hydrogens is 372 g/mol. The van der Waals surface area contributed by atoms with Gasteiger partial charge in [-0.2, -0.15) is 0 Å². The van der Waals surface area contributed by atoms with E-state index in [2.05, 4.69) is 64.3 Å². The van der Waals surface area contributed by atoms with Gasteiger partial charge in [-0.3, -0.25) is 0 Å². The van der Waals surface area contributed by atoms with Crippen LogP contribution in [0.2, 0.25) is 0 Å². The maximum atomic E-state index is 4.55. The van der Waals surface area contributed by atoms with Crippen LogP contribution in [0.4, 0.5) is 5.69 Å². The molecule has 0 aliphatic carbocycles. The monoisotopic (exact) mass is 402 g/mol. The van der Waals surface area contributed by atoms with E-state index in [0.29, 0.717) is 0 Å². The zero-order valence-corrected chi connectivity index (χ0v) is 17.2. The number of pyridine rings is 1. The summed E-state index contributed by atoms with van der Waals surface area (Å²) >= 11 is 3.46. The van der Waals surface area contributed by atoms with Crippen LogP contribution < -0.4 is 5.32 Å². The number of anilines is 1. The minimum absolute atomic E-state index is 0.769. The maximum absolute atomic E-state index is 4.55. The van der Waals surface area contributed by atoms with Gasteiger partial charge in [0.25, 0.3) is 0 Å². The minimum atomic E-state index is 0.769. The van der Waals surface area contributed by atoms with Crippen LogP contribution in [0.25, 0.3) is 0 Å². The van der Waals surface area contributed by atoms with Crippen LogP contribution in [-0.4, -0.2) is 4.98 Å². The number of unbranched alkanes of at least 4 members (excludes halogenated alkanes) is 4. The zero-order valence-electron chi connectivity index (χ0n) is 15.7. The predicted molar refractivity (Wildman–Crippen MR) is 112 cm³/mol. The number of hydrogen-bond acceptors (Lipinski definition) is 2. The van der Waals surface area contributed by atoms with Gasteiger partial charge in [-0.05, 0) is 64.9 Å². The highest BCUT2D eigenvalue weighted by Crippen LogP contribution is 2.26. The second-order valence-electron chi connectivity index (χ2n) is 6.67. The van der Waals surface area contributed by atoms with E-state index in [1.165, 1.54) is 55.3 Å². The van der Waals surface area contributed by atoms with Gasteiger partial charge in [0, 0.05) is 5.69 Å². The summed E-state index contributed by atoms with van der Waals surface area (Å²) in [6.45, 7) is 5.30. The number of aromatic nitrogens is 1. The second kappa shape index (κ2) is 11.3. The molecule has 0 saturated heterocycles. The summed E-state index contributed by atoms with van der Waals surface area (Å²) < 4.78 is 0.895. The van der Waals surface area contributed by atoms with Gasteiger partial charge in [0.15, 0.2) is 0 Å². The van der Waals surface area contributed by atoms with Crippen molar-refractivity contribution in [1.29, 1.82) is 0 Å². The van der Waals surface area contributed by atoms with E-state index in [-0.39, 0.29) is 0 Å². The standard InChI is InChI=1S/C22H31BrN2/c1-3-5-7-11-18-13-9-14-19(12-8-6-4-2)22(18)24-17-20-15-10-16-21(23)25-20/h9-10,13-16,24H,3-8,11-12,17H2,1-2H3. The maximum Gasteiger partial charge on any atom is 0.106 e. The van der Waals surface area contributed by atoms with E-state index in [0.717, 1.165) is 29.7 Å². The second-order valence-corrected chi connectivity index (χ2v) is 7.48. The summed E-state index contributed by atoms with van der Waals surface area (Å²) in [6, 6.07) is 12.9. The Morgan fingerprint density at radius 2 is 1.44 bits per heavy atom. The van der Waals surface area contributed by atoms with Crippen molar-refractivity contribution in [1.82, 2.24) is 4.98 Å². The fraction of sp³-hybridized carbons (Fsp3) is 0.500. The molecule has 0 unspecified atom stereocenters. The first-order valence-electron chi connectivity index (χ1n) is 9.70. The first-order valence-corrected chi connectivity index (χ1v) is 10.5. The molecule has 1 aromatic heterocycles. The molecule has 2 aromatic rings. The van der Waals surface area contributed by atoms with Crippen molar-refractivity contribution in [2.45, 2.75) is 71.8 Å². The Kier molecular flexibility index (Phi) is 9.03. The average Bonchev–Trinajstić information content (AvgIpc) is 2.61. The van der Waals surface area contributed by atoms with E-state index in [1.54, 1.807) is 0 Å². The molecule has 0 amide bonds. The molecule has 0 saturated carbocycles. The van der Waals surface area contributed by atoms with Gasteiger partial charge in [0.05, 0.1) is 12.2 Å². The number of nitrogens with one attached hydrogen (secondary N) is 1. The third kappa shape index (κ3) is 6.81. The zero-order chi connectivity index (χ0) is 17.9. The van der Waals surface area contributed by atoms with Gasteiger partial charge in [-0.25, -0.2) is 4.98 Å². The molecule has 2 nitrogen and oxygen atoms in total. The molecule has 1 aromatic carbocycles. The molecule has 136 valence electrons. The van der Waals surface area contributed by atoms with Crippen molar-refractivity contribution in [2.24, 2.45) is 0 Å². The van der Waals surface area contributed by atoms with E-state index in [4.69, 9.17) is 0 Å². The van der Waals surface area contributed by atoms with Crippen molar-refractivity contribution < 1.29 is 0 Å². The Labute approximate surface area is 161 Å². The van der Waals surface area contributed by atoms with Gasteiger partial charge in [0.1, 0.15) is 4.60 Å². The van der Waals surface area contributed by atoms with Crippen LogP contribution in [-0.2, 0) is 19.4 Å². The third-order valence-electron chi connectivity index (χ3n) is 4.56. The first kappa shape index (κ1) is 20.0. The molecule has 0 fully saturated rings. The van der Waals surface area contributed by atoms with Crippen molar-refractivity contribution in [3.8, 4) is 0 Å². The van der Waals surface area contributed by atoms with Crippen molar-refractivity contribution in [2.75, 3.05) is 5.32 Å². The molecule has 25 heavy (non-hydrogen) atoms. The quantitative estimate of drug-likeness (QED) is 0.325. The summed E-state index contributed by atoms with van der Waals surface area (Å²) in [5.74, 6) is 0. The van der Waals surface area contributed by atoms with Gasteiger partial charge in [-0.1, -0.05) is 63.8 Å². The van der Waals surface area contributed by atoms with Gasteiger partial charge < -0.3 is 5.32 Å². The van der Waals surface area contributed by atoms with Gasteiger partial charge in [0.2, 0.25) is 0 Å². The summed E-state index contributed by atoms with van der Waals surface area (Å²) in [5.41, 5.74) is 5.32. The number of aryl methyl sites for hydroxylation is 2. The smallest absolute Gasteiger partial charge is 0.106 e. The average molecular weight is 403 g/mol. The Bertz CT molecular complexity index is 611. The minimum Gasteiger partial charge on any atom is -0.379 e. The number of benzene rings is 1. The Balaban J connectivity index is 2.14. The number of nitrogens with zero attached hydrogens (tertiary/aromatic N) is 1. The highest BCUT2D eigenvalue weighted by Gasteiger charge is 2.09. The Morgan fingerprint density at radius 1 is 0.840 bits per heavy atom. The number of hydrogen-bond donors (Lipinski definition) is 1. The summed E-state index contributed by atoms with van der Waals surface area (Å²) in [7, 11) is 0. The highest BCUT2D eigenvalue weighted by atomic mass is 79.9. The van der Waals surface area contributed by atoms with Crippen LogP contribution in [0.15, 0.2) is 41.0 Å². The van der Waals surface area contributed by atoms with E-state index >= 15 is 0 Å². The lowest BCUT2D eigenvalue weighted by Gasteiger charge is -2.17. The molecule has 0 spiro atoms. The fourth-order valence-corrected chi connectivity index (χ4v) is 3.54. The molecule has 3 heteroatoms. The molecule has 0 radical (unpaired) electrons. The van der Waals surface area contributed by atoms with Crippen LogP contribution in [0, 0.1) is 0 Å². The van der Waals surface area contributed by atoms with Crippen molar-refractivity contribution in [3.05, 3.63) is 57.8 Å². The van der Waals surface area contributed by atoms with Crippen LogP contribution >= 0.6 is 15.9 Å². The lowest BCUT2D eigenvalue weighted by atomic mass is 9.98. The molecule has 0 bridgehead atoms. The third-order valence-corrected chi connectivity index (χ3v) is 5.00. The van der Waals surface area contributed by atoms with Gasteiger partial charge >= 0.3 is 0 Å². The Hall–Kier alpha value is -1.35. The molecule has 0 aliphatic heterocycles. The topological polar surface area (TPSA) is 24.9 Å². The molecule has 2 rings (SSSR count).